The first kappa shape index (κ1) is 12.0. The third kappa shape index (κ3) is 1.62. The highest BCUT2D eigenvalue weighted by molar-refractivity contribution is 5.91. The van der Waals surface area contributed by atoms with Crippen LogP contribution in [0.3, 0.4) is 0 Å². The number of carbonyl (C=O) groups excluding carboxylic acids is 2. The van der Waals surface area contributed by atoms with Crippen molar-refractivity contribution in [2.75, 3.05) is 7.11 Å². The van der Waals surface area contributed by atoms with Gasteiger partial charge in [0.1, 0.15) is 5.54 Å². The number of amides is 1. The normalized spacial score (nSPS) is 26.9. The fraction of sp³-hybridized carbons (Fsp3) is 0.818. The topological polar surface area (TPSA) is 55.4 Å². The first-order valence-corrected chi connectivity index (χ1v) is 5.35. The van der Waals surface area contributed by atoms with Gasteiger partial charge in [-0.3, -0.25) is 4.79 Å². The fourth-order valence-corrected chi connectivity index (χ4v) is 2.56. The van der Waals surface area contributed by atoms with Crippen molar-refractivity contribution >= 4 is 11.9 Å². The van der Waals surface area contributed by atoms with E-state index in [9.17, 15) is 9.59 Å². The van der Waals surface area contributed by atoms with Crippen molar-refractivity contribution in [2.45, 2.75) is 45.6 Å². The van der Waals surface area contributed by atoms with E-state index in [2.05, 4.69) is 5.32 Å². The Balaban J connectivity index is 2.92. The number of esters is 1. The number of hydrogen-bond acceptors (Lipinski definition) is 3. The number of ether oxygens (including phenoxy) is 1. The second-order valence-corrected chi connectivity index (χ2v) is 4.24. The zero-order valence-corrected chi connectivity index (χ0v) is 9.85. The number of carbonyl (C=O) groups is 2. The van der Waals surface area contributed by atoms with Gasteiger partial charge in [0.25, 0.3) is 0 Å². The molecular formula is C11H19NO3. The van der Waals surface area contributed by atoms with E-state index in [1.807, 2.05) is 13.8 Å². The minimum atomic E-state index is -0.767. The van der Waals surface area contributed by atoms with Gasteiger partial charge in [0.15, 0.2) is 0 Å². The van der Waals surface area contributed by atoms with E-state index in [1.54, 1.807) is 0 Å². The Kier molecular flexibility index (Phi) is 3.07. The zero-order valence-electron chi connectivity index (χ0n) is 9.85. The molecule has 0 bridgehead atoms. The summed E-state index contributed by atoms with van der Waals surface area (Å²) in [6.07, 6.45) is 2.44. The molecule has 1 aliphatic carbocycles. The van der Waals surface area contributed by atoms with E-state index in [0.29, 0.717) is 6.42 Å². The lowest BCUT2D eigenvalue weighted by Gasteiger charge is -2.22. The van der Waals surface area contributed by atoms with Gasteiger partial charge in [0.05, 0.1) is 7.11 Å². The van der Waals surface area contributed by atoms with Crippen LogP contribution < -0.4 is 5.32 Å². The first-order valence-electron chi connectivity index (χ1n) is 5.35. The van der Waals surface area contributed by atoms with Crippen LogP contribution in [0.1, 0.15) is 40.0 Å². The van der Waals surface area contributed by atoms with Crippen molar-refractivity contribution in [2.24, 2.45) is 5.41 Å². The molecule has 1 rings (SSSR count). The molecule has 1 aliphatic rings. The van der Waals surface area contributed by atoms with Crippen LogP contribution in [0.5, 0.6) is 0 Å². The quantitative estimate of drug-likeness (QED) is 0.715. The summed E-state index contributed by atoms with van der Waals surface area (Å²) in [6, 6.07) is 0. The van der Waals surface area contributed by atoms with Crippen LogP contribution in [0.15, 0.2) is 0 Å². The molecule has 0 aromatic rings. The average molecular weight is 213 g/mol. The predicted molar refractivity (Wildman–Crippen MR) is 56.2 cm³/mol. The molecular weight excluding hydrogens is 194 g/mol. The number of rotatable bonds is 4. The van der Waals surface area contributed by atoms with Crippen molar-refractivity contribution in [3.63, 3.8) is 0 Å². The minimum Gasteiger partial charge on any atom is -0.467 e. The van der Waals surface area contributed by atoms with Crippen LogP contribution in [-0.2, 0) is 14.3 Å². The molecule has 4 heteroatoms. The largest absolute Gasteiger partial charge is 0.467 e. The molecule has 1 N–H and O–H groups in total. The molecule has 15 heavy (non-hydrogen) atoms. The van der Waals surface area contributed by atoms with Crippen LogP contribution in [0.2, 0.25) is 0 Å². The molecule has 0 aromatic carbocycles. The highest BCUT2D eigenvalue weighted by atomic mass is 16.5. The lowest BCUT2D eigenvalue weighted by molar-refractivity contribution is -0.147. The van der Waals surface area contributed by atoms with Gasteiger partial charge in [-0.05, 0) is 19.3 Å². The van der Waals surface area contributed by atoms with Gasteiger partial charge in [-0.15, -0.1) is 0 Å². The zero-order chi connectivity index (χ0) is 11.7. The van der Waals surface area contributed by atoms with Crippen LogP contribution >= 0.6 is 0 Å². The molecule has 0 heterocycles. The van der Waals surface area contributed by atoms with E-state index < -0.39 is 5.54 Å². The Hall–Kier alpha value is -1.06. The molecule has 0 aromatic heterocycles. The monoisotopic (exact) mass is 213 g/mol. The second kappa shape index (κ2) is 3.83. The number of nitrogens with one attached hydrogen (secondary N) is 1. The third-order valence-electron chi connectivity index (χ3n) is 3.66. The van der Waals surface area contributed by atoms with Crippen molar-refractivity contribution in [1.82, 2.24) is 5.32 Å². The maximum Gasteiger partial charge on any atom is 0.332 e. The van der Waals surface area contributed by atoms with Gasteiger partial charge in [-0.1, -0.05) is 13.8 Å². The summed E-state index contributed by atoms with van der Waals surface area (Å²) in [5, 5.41) is 2.76. The van der Waals surface area contributed by atoms with Crippen molar-refractivity contribution < 1.29 is 14.3 Å². The molecule has 0 radical (unpaired) electrons. The van der Waals surface area contributed by atoms with E-state index in [-0.39, 0.29) is 17.3 Å². The smallest absolute Gasteiger partial charge is 0.332 e. The van der Waals surface area contributed by atoms with Gasteiger partial charge in [0, 0.05) is 12.3 Å². The predicted octanol–water partition coefficient (Wildman–Crippen LogP) is 1.24. The first-order chi connectivity index (χ1) is 6.98. The highest BCUT2D eigenvalue weighted by Crippen LogP contribution is 2.61. The summed E-state index contributed by atoms with van der Waals surface area (Å²) in [7, 11) is 1.36. The molecule has 86 valence electrons. The molecule has 1 atom stereocenters. The molecule has 0 aliphatic heterocycles. The molecule has 0 spiro atoms. The van der Waals surface area contributed by atoms with E-state index in [1.165, 1.54) is 14.0 Å². The Morgan fingerprint density at radius 2 is 1.87 bits per heavy atom. The standard InChI is InChI=1S/C11H19NO3/c1-5-10(6-2)7-11(10,9(14)15-4)12-8(3)13/h5-7H2,1-4H3,(H,12,13)/t11-/m0/s1. The lowest BCUT2D eigenvalue weighted by Crippen LogP contribution is -2.47. The summed E-state index contributed by atoms with van der Waals surface area (Å²) in [4.78, 5) is 22.8. The average Bonchev–Trinajstić information content (AvgIpc) is 2.86. The lowest BCUT2D eigenvalue weighted by atomic mass is 9.93. The Morgan fingerprint density at radius 1 is 1.33 bits per heavy atom. The number of methoxy groups -OCH3 is 1. The summed E-state index contributed by atoms with van der Waals surface area (Å²) in [5.74, 6) is -0.495. The number of hydrogen-bond donors (Lipinski definition) is 1. The van der Waals surface area contributed by atoms with Crippen LogP contribution in [-0.4, -0.2) is 24.5 Å². The SMILES string of the molecule is CCC1(CC)C[C@]1(NC(C)=O)C(=O)OC. The Morgan fingerprint density at radius 3 is 2.13 bits per heavy atom. The maximum atomic E-state index is 11.7. The summed E-state index contributed by atoms with van der Waals surface area (Å²) in [5.41, 5.74) is -0.872. The van der Waals surface area contributed by atoms with Gasteiger partial charge >= 0.3 is 5.97 Å². The maximum absolute atomic E-state index is 11.7. The van der Waals surface area contributed by atoms with Crippen molar-refractivity contribution in [3.05, 3.63) is 0 Å². The van der Waals surface area contributed by atoms with Crippen molar-refractivity contribution in [3.8, 4) is 0 Å². The minimum absolute atomic E-state index is 0.105. The highest BCUT2D eigenvalue weighted by Gasteiger charge is 2.71. The van der Waals surface area contributed by atoms with Crippen LogP contribution in [0.25, 0.3) is 0 Å². The summed E-state index contributed by atoms with van der Waals surface area (Å²) in [6.45, 7) is 5.51. The van der Waals surface area contributed by atoms with Gasteiger partial charge < -0.3 is 10.1 Å². The Labute approximate surface area is 90.4 Å². The molecule has 1 amide bonds. The molecule has 1 fully saturated rings. The van der Waals surface area contributed by atoms with Crippen molar-refractivity contribution in [1.29, 1.82) is 0 Å². The molecule has 0 saturated heterocycles. The second-order valence-electron chi connectivity index (χ2n) is 4.24. The van der Waals surface area contributed by atoms with Crippen LogP contribution in [0.4, 0.5) is 0 Å². The molecule has 1 saturated carbocycles. The van der Waals surface area contributed by atoms with E-state index in [0.717, 1.165) is 12.8 Å². The Bertz CT molecular complexity index is 284. The van der Waals surface area contributed by atoms with E-state index >= 15 is 0 Å². The summed E-state index contributed by atoms with van der Waals surface area (Å²) < 4.78 is 4.78. The summed E-state index contributed by atoms with van der Waals surface area (Å²) >= 11 is 0. The molecule has 4 nitrogen and oxygen atoms in total. The third-order valence-corrected chi connectivity index (χ3v) is 3.66. The van der Waals surface area contributed by atoms with Gasteiger partial charge in [-0.25, -0.2) is 4.79 Å². The van der Waals surface area contributed by atoms with Gasteiger partial charge in [0.2, 0.25) is 5.91 Å². The van der Waals surface area contributed by atoms with Crippen LogP contribution in [0, 0.1) is 5.41 Å². The molecule has 0 unspecified atom stereocenters. The van der Waals surface area contributed by atoms with Gasteiger partial charge in [-0.2, -0.15) is 0 Å². The fourth-order valence-electron chi connectivity index (χ4n) is 2.56. The van der Waals surface area contributed by atoms with E-state index in [4.69, 9.17) is 4.74 Å².